The number of aliphatic imine (C=N–C) groups is 2. The van der Waals surface area contributed by atoms with Crippen molar-refractivity contribution in [2.24, 2.45) is 9.98 Å². The average molecular weight is 280 g/mol. The Kier molecular flexibility index (Phi) is 6.29. The molecule has 0 saturated heterocycles. The fourth-order valence-corrected chi connectivity index (χ4v) is 1.52. The lowest BCUT2D eigenvalue weighted by atomic mass is 10.2. The van der Waals surface area contributed by atoms with Crippen LogP contribution in [0.4, 0.5) is 0 Å². The van der Waals surface area contributed by atoms with E-state index in [0.717, 1.165) is 11.3 Å². The van der Waals surface area contributed by atoms with Gasteiger partial charge in [0.1, 0.15) is 31.2 Å². The molecule has 21 heavy (non-hydrogen) atoms. The number of rotatable bonds is 0. The highest BCUT2D eigenvalue weighted by atomic mass is 16.5. The van der Waals surface area contributed by atoms with Crippen molar-refractivity contribution in [3.05, 3.63) is 72.9 Å². The van der Waals surface area contributed by atoms with Crippen molar-refractivity contribution in [1.82, 2.24) is 0 Å². The minimum Gasteiger partial charge on any atom is -0.494 e. The van der Waals surface area contributed by atoms with Crippen LogP contribution < -0.4 is 4.74 Å². The van der Waals surface area contributed by atoms with Crippen LogP contribution in [0.15, 0.2) is 77.3 Å². The highest BCUT2D eigenvalue weighted by Gasteiger charge is 1.96. The number of benzene rings is 1. The van der Waals surface area contributed by atoms with Gasteiger partial charge < -0.3 is 9.47 Å². The Balaban J connectivity index is 2.15. The van der Waals surface area contributed by atoms with Gasteiger partial charge in [0.15, 0.2) is 0 Å². The molecular formula is C17H16N2O2. The Bertz CT molecular complexity index is 611. The SMILES string of the molecule is C1=C/CO/C=C\Oc2ccccc2\C=C/C=N\C=N/C=C\1. The molecule has 0 saturated carbocycles. The van der Waals surface area contributed by atoms with E-state index in [0.29, 0.717) is 6.61 Å². The van der Waals surface area contributed by atoms with Gasteiger partial charge in [-0.1, -0.05) is 24.3 Å². The molecule has 1 aliphatic heterocycles. The van der Waals surface area contributed by atoms with Gasteiger partial charge in [-0.3, -0.25) is 0 Å². The molecule has 2 rings (SSSR count). The molecule has 4 nitrogen and oxygen atoms in total. The normalized spacial score (nSPS) is 24.2. The fraction of sp³-hybridized carbons (Fsp3) is 0.0588. The second-order valence-electron chi connectivity index (χ2n) is 3.95. The summed E-state index contributed by atoms with van der Waals surface area (Å²) in [6, 6.07) is 7.71. The first-order valence-electron chi connectivity index (χ1n) is 6.52. The maximum Gasteiger partial charge on any atom is 0.133 e. The van der Waals surface area contributed by atoms with Gasteiger partial charge in [0.05, 0.1) is 0 Å². The smallest absolute Gasteiger partial charge is 0.133 e. The summed E-state index contributed by atoms with van der Waals surface area (Å²) in [6.45, 7) is 0.466. The topological polar surface area (TPSA) is 43.2 Å². The van der Waals surface area contributed by atoms with Crippen molar-refractivity contribution in [3.63, 3.8) is 0 Å². The largest absolute Gasteiger partial charge is 0.494 e. The highest BCUT2D eigenvalue weighted by Crippen LogP contribution is 2.19. The van der Waals surface area contributed by atoms with E-state index in [2.05, 4.69) is 9.98 Å². The van der Waals surface area contributed by atoms with Crippen molar-refractivity contribution in [3.8, 4) is 5.75 Å². The monoisotopic (exact) mass is 280 g/mol. The van der Waals surface area contributed by atoms with Gasteiger partial charge in [-0.15, -0.1) is 0 Å². The molecule has 0 fully saturated rings. The number of fused-ring (bicyclic) bond motifs is 1. The van der Waals surface area contributed by atoms with Crippen molar-refractivity contribution in [2.45, 2.75) is 0 Å². The molecule has 0 atom stereocenters. The van der Waals surface area contributed by atoms with Crippen LogP contribution in [-0.2, 0) is 4.74 Å². The second-order valence-corrected chi connectivity index (χ2v) is 3.95. The van der Waals surface area contributed by atoms with Gasteiger partial charge in [-0.2, -0.15) is 0 Å². The maximum absolute atomic E-state index is 5.55. The van der Waals surface area contributed by atoms with E-state index in [1.807, 2.05) is 48.6 Å². The quantitative estimate of drug-likeness (QED) is 0.726. The van der Waals surface area contributed by atoms with Crippen LogP contribution in [-0.4, -0.2) is 19.2 Å². The third kappa shape index (κ3) is 5.74. The lowest BCUT2D eigenvalue weighted by Gasteiger charge is -2.04. The molecule has 1 heterocycles. The number of hydrogen-bond acceptors (Lipinski definition) is 4. The average Bonchev–Trinajstić information content (AvgIpc) is 2.52. The maximum atomic E-state index is 5.55. The van der Waals surface area contributed by atoms with Gasteiger partial charge >= 0.3 is 0 Å². The van der Waals surface area contributed by atoms with Crippen molar-refractivity contribution < 1.29 is 9.47 Å². The van der Waals surface area contributed by atoms with Gasteiger partial charge in [-0.25, -0.2) is 9.98 Å². The Morgan fingerprint density at radius 2 is 1.90 bits per heavy atom. The zero-order chi connectivity index (χ0) is 14.6. The predicted molar refractivity (Wildman–Crippen MR) is 86.5 cm³/mol. The molecule has 1 aliphatic rings. The summed E-state index contributed by atoms with van der Waals surface area (Å²) in [5.74, 6) is 0.747. The molecular weight excluding hydrogens is 264 g/mol. The van der Waals surface area contributed by atoms with Crippen molar-refractivity contribution in [1.29, 1.82) is 0 Å². The van der Waals surface area contributed by atoms with Crippen LogP contribution in [0.1, 0.15) is 5.56 Å². The van der Waals surface area contributed by atoms with Gasteiger partial charge in [0.25, 0.3) is 0 Å². The molecule has 0 N–H and O–H groups in total. The molecule has 106 valence electrons. The van der Waals surface area contributed by atoms with Crippen LogP contribution in [0, 0.1) is 0 Å². The first-order chi connectivity index (χ1) is 10.5. The molecule has 4 heteroatoms. The molecule has 0 spiro atoms. The van der Waals surface area contributed by atoms with E-state index in [-0.39, 0.29) is 0 Å². The van der Waals surface area contributed by atoms with Gasteiger partial charge in [0, 0.05) is 18.0 Å². The number of ether oxygens (including phenoxy) is 2. The number of para-hydroxylation sites is 1. The molecule has 0 aliphatic carbocycles. The van der Waals surface area contributed by atoms with Gasteiger partial charge in [0.2, 0.25) is 0 Å². The zero-order valence-electron chi connectivity index (χ0n) is 11.5. The van der Waals surface area contributed by atoms with Crippen LogP contribution in [0.25, 0.3) is 6.08 Å². The first-order valence-corrected chi connectivity index (χ1v) is 6.52. The van der Waals surface area contributed by atoms with E-state index in [1.54, 1.807) is 18.5 Å². The summed E-state index contributed by atoms with van der Waals surface area (Å²) in [6.07, 6.45) is 17.1. The molecule has 0 bridgehead atoms. The van der Waals surface area contributed by atoms with Crippen LogP contribution in [0.3, 0.4) is 0 Å². The Hall–Kier alpha value is -2.88. The van der Waals surface area contributed by atoms with Crippen LogP contribution >= 0.6 is 0 Å². The highest BCUT2D eigenvalue weighted by molar-refractivity contribution is 5.84. The Morgan fingerprint density at radius 1 is 0.952 bits per heavy atom. The third-order valence-corrected chi connectivity index (χ3v) is 2.46. The summed E-state index contributed by atoms with van der Waals surface area (Å²) in [5, 5.41) is 0. The number of nitrogens with zero attached hydrogens (tertiary/aromatic N) is 2. The molecule has 1 aromatic rings. The molecule has 0 radical (unpaired) electrons. The van der Waals surface area contributed by atoms with Crippen molar-refractivity contribution in [2.75, 3.05) is 6.61 Å². The summed E-state index contributed by atoms with van der Waals surface area (Å²) in [5.41, 5.74) is 0.953. The standard InChI is InChI=1S/C17H16N2O2/c1-4-10-18-15-19-11-6-8-16-7-2-3-9-17(16)21-14-13-20-12-5-1/h1-11,13-15H,12H2/b5-1-,8-6-,10-4-,14-13-,18-15-,19-11-. The third-order valence-electron chi connectivity index (χ3n) is 2.46. The van der Waals surface area contributed by atoms with E-state index in [1.165, 1.54) is 18.9 Å². The predicted octanol–water partition coefficient (Wildman–Crippen LogP) is 3.75. The lowest BCUT2D eigenvalue weighted by molar-refractivity contribution is 0.277. The molecule has 0 aromatic heterocycles. The van der Waals surface area contributed by atoms with Crippen molar-refractivity contribution >= 4 is 18.6 Å². The summed E-state index contributed by atoms with van der Waals surface area (Å²) < 4.78 is 10.8. The second kappa shape index (κ2) is 9.09. The summed E-state index contributed by atoms with van der Waals surface area (Å²) in [4.78, 5) is 8.03. The fourth-order valence-electron chi connectivity index (χ4n) is 1.52. The first kappa shape index (κ1) is 14.5. The minimum absolute atomic E-state index is 0.466. The number of hydrogen-bond donors (Lipinski definition) is 0. The lowest BCUT2D eigenvalue weighted by Crippen LogP contribution is -1.87. The van der Waals surface area contributed by atoms with Gasteiger partial charge in [-0.05, 0) is 30.4 Å². The van der Waals surface area contributed by atoms with E-state index in [9.17, 15) is 0 Å². The number of allylic oxidation sites excluding steroid dienone is 3. The molecule has 1 aromatic carbocycles. The Morgan fingerprint density at radius 3 is 2.90 bits per heavy atom. The van der Waals surface area contributed by atoms with Crippen LogP contribution in [0.5, 0.6) is 5.75 Å². The van der Waals surface area contributed by atoms with E-state index < -0.39 is 0 Å². The molecule has 0 unspecified atom stereocenters. The van der Waals surface area contributed by atoms with Crippen LogP contribution in [0.2, 0.25) is 0 Å². The van der Waals surface area contributed by atoms with E-state index in [4.69, 9.17) is 9.47 Å². The zero-order valence-corrected chi connectivity index (χ0v) is 11.5. The molecule has 0 amide bonds. The van der Waals surface area contributed by atoms with E-state index >= 15 is 0 Å². The Labute approximate surface area is 124 Å². The summed E-state index contributed by atoms with van der Waals surface area (Å²) in [7, 11) is 0. The minimum atomic E-state index is 0.466. The summed E-state index contributed by atoms with van der Waals surface area (Å²) >= 11 is 0.